The second-order valence-corrected chi connectivity index (χ2v) is 4.19. The largest absolute Gasteiger partial charge is 0.355 e. The lowest BCUT2D eigenvalue weighted by molar-refractivity contribution is -0.385. The molecule has 0 atom stereocenters. The minimum absolute atomic E-state index is 0.00385. The number of nitrogens with zero attached hydrogens (tertiary/aromatic N) is 2. The third-order valence-corrected chi connectivity index (χ3v) is 2.76. The molecule has 0 amide bonds. The van der Waals surface area contributed by atoms with E-state index in [1.807, 2.05) is 0 Å². The number of aryl methyl sites for hydroxylation is 1. The maximum absolute atomic E-state index is 13.2. The first-order chi connectivity index (χ1) is 9.51. The summed E-state index contributed by atoms with van der Waals surface area (Å²) in [5.74, 6) is -0.318. The van der Waals surface area contributed by atoms with Crippen LogP contribution in [0.25, 0.3) is 0 Å². The van der Waals surface area contributed by atoms with E-state index in [-0.39, 0.29) is 17.1 Å². The third kappa shape index (κ3) is 2.72. The van der Waals surface area contributed by atoms with Crippen LogP contribution in [0.5, 0.6) is 0 Å². The number of nitro groups is 1. The van der Waals surface area contributed by atoms with E-state index in [1.54, 1.807) is 25.1 Å². The zero-order chi connectivity index (χ0) is 14.7. The van der Waals surface area contributed by atoms with Gasteiger partial charge in [0.15, 0.2) is 0 Å². The number of nitrogens with one attached hydrogen (secondary N) is 1. The van der Waals surface area contributed by atoms with Gasteiger partial charge in [0.2, 0.25) is 0 Å². The van der Waals surface area contributed by atoms with Crippen molar-refractivity contribution in [1.82, 2.24) is 0 Å². The number of nitro benzene ring substituents is 1. The van der Waals surface area contributed by atoms with Crippen molar-refractivity contribution in [1.29, 1.82) is 5.26 Å². The van der Waals surface area contributed by atoms with Crippen LogP contribution in [0.4, 0.5) is 21.5 Å². The van der Waals surface area contributed by atoms with Gasteiger partial charge in [-0.3, -0.25) is 10.1 Å². The second kappa shape index (κ2) is 5.36. The molecule has 0 saturated carbocycles. The Balaban J connectivity index is 2.34. The van der Waals surface area contributed by atoms with E-state index in [2.05, 4.69) is 5.32 Å². The zero-order valence-electron chi connectivity index (χ0n) is 10.6. The number of anilines is 2. The topological polar surface area (TPSA) is 79.0 Å². The molecule has 1 N–H and O–H groups in total. The molecule has 20 heavy (non-hydrogen) atoms. The van der Waals surface area contributed by atoms with Gasteiger partial charge in [0, 0.05) is 17.4 Å². The molecular formula is C14H10FN3O2. The monoisotopic (exact) mass is 271 g/mol. The maximum atomic E-state index is 13.2. The molecule has 0 aliphatic heterocycles. The summed E-state index contributed by atoms with van der Waals surface area (Å²) in [7, 11) is 0. The van der Waals surface area contributed by atoms with Gasteiger partial charge in [-0.05, 0) is 42.8 Å². The van der Waals surface area contributed by atoms with Crippen molar-refractivity contribution in [2.45, 2.75) is 6.92 Å². The van der Waals surface area contributed by atoms with Crippen LogP contribution < -0.4 is 5.32 Å². The van der Waals surface area contributed by atoms with Crippen LogP contribution in [0, 0.1) is 34.2 Å². The first-order valence-electron chi connectivity index (χ1n) is 5.73. The van der Waals surface area contributed by atoms with Crippen LogP contribution in [0.2, 0.25) is 0 Å². The van der Waals surface area contributed by atoms with Gasteiger partial charge in [0.1, 0.15) is 17.4 Å². The van der Waals surface area contributed by atoms with Crippen molar-refractivity contribution in [3.8, 4) is 6.07 Å². The van der Waals surface area contributed by atoms with Crippen LogP contribution in [0.1, 0.15) is 11.1 Å². The summed E-state index contributed by atoms with van der Waals surface area (Å²) >= 11 is 0. The molecule has 100 valence electrons. The summed E-state index contributed by atoms with van der Waals surface area (Å²) in [4.78, 5) is 10.2. The minimum Gasteiger partial charge on any atom is -0.355 e. The summed E-state index contributed by atoms with van der Waals surface area (Å²) in [5.41, 5.74) is 1.27. The first kappa shape index (κ1) is 13.5. The van der Waals surface area contributed by atoms with Crippen molar-refractivity contribution in [2.75, 3.05) is 5.32 Å². The molecule has 0 aromatic heterocycles. The van der Waals surface area contributed by atoms with Crippen molar-refractivity contribution in [2.24, 2.45) is 0 Å². The summed E-state index contributed by atoms with van der Waals surface area (Å²) in [6.45, 7) is 1.63. The van der Waals surface area contributed by atoms with Crippen LogP contribution >= 0.6 is 0 Å². The molecule has 2 aromatic rings. The highest BCUT2D eigenvalue weighted by molar-refractivity contribution is 5.66. The van der Waals surface area contributed by atoms with Gasteiger partial charge in [-0.1, -0.05) is 0 Å². The number of benzene rings is 2. The fourth-order valence-corrected chi connectivity index (χ4v) is 1.74. The molecule has 0 unspecified atom stereocenters. The molecule has 2 rings (SSSR count). The molecule has 0 bridgehead atoms. The Kier molecular flexibility index (Phi) is 3.62. The van der Waals surface area contributed by atoms with E-state index < -0.39 is 4.92 Å². The Morgan fingerprint density at radius 3 is 2.50 bits per heavy atom. The molecule has 0 fully saturated rings. The predicted octanol–water partition coefficient (Wildman–Crippen LogP) is 3.66. The minimum atomic E-state index is -0.611. The highest BCUT2D eigenvalue weighted by Crippen LogP contribution is 2.25. The summed E-state index contributed by atoms with van der Waals surface area (Å²) in [6.07, 6.45) is 0. The normalized spacial score (nSPS) is 9.85. The van der Waals surface area contributed by atoms with Gasteiger partial charge in [0.25, 0.3) is 5.69 Å². The zero-order valence-corrected chi connectivity index (χ0v) is 10.6. The second-order valence-electron chi connectivity index (χ2n) is 4.19. The average molecular weight is 271 g/mol. The average Bonchev–Trinajstić information content (AvgIpc) is 2.43. The van der Waals surface area contributed by atoms with Crippen molar-refractivity contribution < 1.29 is 9.31 Å². The maximum Gasteiger partial charge on any atom is 0.289 e. The number of hydrogen-bond acceptors (Lipinski definition) is 4. The van der Waals surface area contributed by atoms with Crippen molar-refractivity contribution in [3.63, 3.8) is 0 Å². The van der Waals surface area contributed by atoms with Crippen LogP contribution in [-0.4, -0.2) is 4.92 Å². The van der Waals surface area contributed by atoms with E-state index in [9.17, 15) is 14.5 Å². The van der Waals surface area contributed by atoms with E-state index in [0.717, 1.165) is 0 Å². The van der Waals surface area contributed by atoms with Gasteiger partial charge in [-0.2, -0.15) is 5.26 Å². The van der Waals surface area contributed by atoms with E-state index in [4.69, 9.17) is 5.26 Å². The Morgan fingerprint density at radius 2 is 1.90 bits per heavy atom. The lowest BCUT2D eigenvalue weighted by Crippen LogP contribution is -1.96. The third-order valence-electron chi connectivity index (χ3n) is 2.76. The first-order valence-corrected chi connectivity index (χ1v) is 5.73. The Labute approximate surface area is 114 Å². The van der Waals surface area contributed by atoms with Gasteiger partial charge in [-0.15, -0.1) is 0 Å². The molecule has 0 radical (unpaired) electrons. The summed E-state index contributed by atoms with van der Waals surface area (Å²) in [6, 6.07) is 10.4. The molecule has 6 heteroatoms. The van der Waals surface area contributed by atoms with Crippen molar-refractivity contribution >= 4 is 17.1 Å². The summed E-state index contributed by atoms with van der Waals surface area (Å²) < 4.78 is 13.2. The number of hydrogen-bond donors (Lipinski definition) is 1. The van der Waals surface area contributed by atoms with E-state index in [1.165, 1.54) is 24.3 Å². The highest BCUT2D eigenvalue weighted by atomic mass is 19.1. The molecule has 0 saturated heterocycles. The lowest BCUT2D eigenvalue weighted by atomic mass is 10.1. The van der Waals surface area contributed by atoms with Gasteiger partial charge in [-0.25, -0.2) is 4.39 Å². The predicted molar refractivity (Wildman–Crippen MR) is 72.2 cm³/mol. The van der Waals surface area contributed by atoms with Crippen LogP contribution in [-0.2, 0) is 0 Å². The van der Waals surface area contributed by atoms with Gasteiger partial charge < -0.3 is 5.32 Å². The molecular weight excluding hydrogens is 261 g/mol. The fraction of sp³-hybridized carbons (Fsp3) is 0.0714. The highest BCUT2D eigenvalue weighted by Gasteiger charge is 2.14. The van der Waals surface area contributed by atoms with Crippen molar-refractivity contribution in [3.05, 3.63) is 63.5 Å². The summed E-state index contributed by atoms with van der Waals surface area (Å²) in [5, 5.41) is 22.6. The molecule has 5 nitrogen and oxygen atoms in total. The van der Waals surface area contributed by atoms with Gasteiger partial charge >= 0.3 is 0 Å². The number of nitriles is 1. The fourth-order valence-electron chi connectivity index (χ4n) is 1.74. The molecule has 0 aliphatic rings. The molecule has 2 aromatic carbocycles. The SMILES string of the molecule is Cc1cc(Nc2ccc(C#N)c([N+](=O)[O-])c2)ccc1F. The van der Waals surface area contributed by atoms with E-state index in [0.29, 0.717) is 16.9 Å². The smallest absolute Gasteiger partial charge is 0.289 e. The van der Waals surface area contributed by atoms with Gasteiger partial charge in [0.05, 0.1) is 4.92 Å². The Bertz CT molecular complexity index is 723. The molecule has 0 heterocycles. The Morgan fingerprint density at radius 1 is 1.25 bits per heavy atom. The molecule has 0 aliphatic carbocycles. The van der Waals surface area contributed by atoms with Crippen LogP contribution in [0.3, 0.4) is 0 Å². The standard InChI is InChI=1S/C14H10FN3O2/c1-9-6-11(4-5-13(9)15)17-12-3-2-10(8-16)14(7-12)18(19)20/h2-7,17H,1H3. The van der Waals surface area contributed by atoms with Crippen LogP contribution in [0.15, 0.2) is 36.4 Å². The quantitative estimate of drug-likeness (QED) is 0.682. The molecule has 0 spiro atoms. The number of rotatable bonds is 3. The Hall–Kier alpha value is -2.94. The number of halogens is 1. The van der Waals surface area contributed by atoms with E-state index >= 15 is 0 Å². The lowest BCUT2D eigenvalue weighted by Gasteiger charge is -2.08.